The molecule has 5 heteroatoms. The highest BCUT2D eigenvalue weighted by molar-refractivity contribution is 5.75. The molecule has 2 unspecified atom stereocenters. The van der Waals surface area contributed by atoms with E-state index in [0.717, 1.165) is 24.8 Å². The van der Waals surface area contributed by atoms with Crippen LogP contribution in [0.1, 0.15) is 30.7 Å². The van der Waals surface area contributed by atoms with Crippen molar-refractivity contribution in [2.45, 2.75) is 31.2 Å². The summed E-state index contributed by atoms with van der Waals surface area (Å²) < 4.78 is 13.0. The van der Waals surface area contributed by atoms with E-state index in [9.17, 15) is 9.18 Å². The van der Waals surface area contributed by atoms with Crippen molar-refractivity contribution in [3.05, 3.63) is 48.3 Å². The molecule has 1 saturated carbocycles. The van der Waals surface area contributed by atoms with Crippen molar-refractivity contribution in [3.8, 4) is 0 Å². The van der Waals surface area contributed by atoms with Crippen LogP contribution < -0.4 is 5.32 Å². The van der Waals surface area contributed by atoms with Crippen molar-refractivity contribution in [1.29, 1.82) is 0 Å². The Morgan fingerprint density at radius 3 is 2.77 bits per heavy atom. The number of hydrogen-bond donors (Lipinski definition) is 2. The molecule has 0 bridgehead atoms. The van der Waals surface area contributed by atoms with E-state index in [2.05, 4.69) is 11.9 Å². The minimum Gasteiger partial charge on any atom is -0.395 e. The molecule has 2 N–H and O–H groups in total. The molecule has 0 saturated heterocycles. The zero-order valence-electron chi connectivity index (χ0n) is 12.7. The maximum atomic E-state index is 13.0. The molecule has 1 fully saturated rings. The van der Waals surface area contributed by atoms with Crippen molar-refractivity contribution in [2.75, 3.05) is 19.7 Å². The topological polar surface area (TPSA) is 52.6 Å². The highest BCUT2D eigenvalue weighted by Gasteiger charge is 2.30. The number of amides is 2. The van der Waals surface area contributed by atoms with Gasteiger partial charge in [0, 0.05) is 25.0 Å². The smallest absolute Gasteiger partial charge is 0.317 e. The van der Waals surface area contributed by atoms with Crippen LogP contribution in [0.3, 0.4) is 0 Å². The first-order valence-corrected chi connectivity index (χ1v) is 7.68. The second-order valence-electron chi connectivity index (χ2n) is 5.60. The molecule has 2 rings (SSSR count). The Morgan fingerprint density at radius 1 is 1.41 bits per heavy atom. The lowest BCUT2D eigenvalue weighted by molar-refractivity contribution is 0.179. The molecule has 0 heterocycles. The average Bonchev–Trinajstić information content (AvgIpc) is 2.96. The van der Waals surface area contributed by atoms with Crippen LogP contribution in [0.5, 0.6) is 0 Å². The fraction of sp³-hybridized carbons (Fsp3) is 0.471. The first-order valence-electron chi connectivity index (χ1n) is 7.68. The Hall–Kier alpha value is -1.88. The zero-order chi connectivity index (χ0) is 15.9. The number of urea groups is 1. The summed E-state index contributed by atoms with van der Waals surface area (Å²) in [4.78, 5) is 13.8. The molecule has 2 atom stereocenters. The molecule has 0 aromatic heterocycles. The maximum Gasteiger partial charge on any atom is 0.317 e. The van der Waals surface area contributed by atoms with Gasteiger partial charge in [0.15, 0.2) is 0 Å². The Labute approximate surface area is 130 Å². The summed E-state index contributed by atoms with van der Waals surface area (Å²) >= 11 is 0. The molecule has 0 spiro atoms. The van der Waals surface area contributed by atoms with E-state index >= 15 is 0 Å². The minimum atomic E-state index is -0.248. The molecular weight excluding hydrogens is 283 g/mol. The van der Waals surface area contributed by atoms with Crippen molar-refractivity contribution < 1.29 is 14.3 Å². The Balaban J connectivity index is 2.02. The Morgan fingerprint density at radius 2 is 2.14 bits per heavy atom. The molecule has 1 aromatic rings. The van der Waals surface area contributed by atoms with Crippen LogP contribution in [0.4, 0.5) is 9.18 Å². The van der Waals surface area contributed by atoms with Gasteiger partial charge in [-0.15, -0.1) is 6.58 Å². The van der Waals surface area contributed by atoms with E-state index in [-0.39, 0.29) is 37.0 Å². The minimum absolute atomic E-state index is 0.0453. The predicted octanol–water partition coefficient (Wildman–Crippen LogP) is 2.65. The molecule has 22 heavy (non-hydrogen) atoms. The summed E-state index contributed by atoms with van der Waals surface area (Å²) in [6.45, 7) is 4.24. The van der Waals surface area contributed by atoms with Crippen LogP contribution in [-0.4, -0.2) is 41.8 Å². The second kappa shape index (κ2) is 7.94. The lowest BCUT2D eigenvalue weighted by atomic mass is 9.94. The number of benzene rings is 1. The van der Waals surface area contributed by atoms with Crippen molar-refractivity contribution in [1.82, 2.24) is 10.2 Å². The summed E-state index contributed by atoms with van der Waals surface area (Å²) in [5.74, 6) is -0.0355. The van der Waals surface area contributed by atoms with Gasteiger partial charge in [0.25, 0.3) is 0 Å². The number of aliphatic hydroxyl groups excluding tert-OH is 1. The van der Waals surface area contributed by atoms with Gasteiger partial charge >= 0.3 is 6.03 Å². The summed E-state index contributed by atoms with van der Waals surface area (Å²) in [7, 11) is 0. The lowest BCUT2D eigenvalue weighted by Crippen LogP contribution is -2.46. The molecular formula is C17H23FN2O2. The number of hydrogen-bond acceptors (Lipinski definition) is 2. The number of aliphatic hydroxyl groups is 1. The fourth-order valence-electron chi connectivity index (χ4n) is 3.04. The van der Waals surface area contributed by atoms with E-state index in [1.807, 2.05) is 0 Å². The van der Waals surface area contributed by atoms with E-state index in [0.29, 0.717) is 6.54 Å². The van der Waals surface area contributed by atoms with Crippen LogP contribution in [0.15, 0.2) is 36.9 Å². The molecule has 1 aromatic carbocycles. The third-order valence-corrected chi connectivity index (χ3v) is 4.13. The van der Waals surface area contributed by atoms with E-state index in [1.54, 1.807) is 18.2 Å². The van der Waals surface area contributed by atoms with Crippen molar-refractivity contribution in [2.24, 2.45) is 0 Å². The number of halogens is 1. The monoisotopic (exact) mass is 306 g/mol. The largest absolute Gasteiger partial charge is 0.395 e. The molecule has 4 nitrogen and oxygen atoms in total. The quantitative estimate of drug-likeness (QED) is 0.794. The number of nitrogens with zero attached hydrogens (tertiary/aromatic N) is 1. The van der Waals surface area contributed by atoms with Crippen LogP contribution in [-0.2, 0) is 0 Å². The SMILES string of the molecule is C=CCN(CCO)C(=O)NC1CCCC1c1ccc(F)cc1. The van der Waals surface area contributed by atoms with Gasteiger partial charge in [-0.1, -0.05) is 24.6 Å². The van der Waals surface area contributed by atoms with Gasteiger partial charge in [0.2, 0.25) is 0 Å². The third kappa shape index (κ3) is 4.07. The van der Waals surface area contributed by atoms with Gasteiger partial charge in [-0.05, 0) is 30.5 Å². The first-order chi connectivity index (χ1) is 10.7. The highest BCUT2D eigenvalue weighted by atomic mass is 19.1. The Kier molecular flexibility index (Phi) is 5.95. The molecule has 1 aliphatic carbocycles. The standard InChI is InChI=1S/C17H23FN2O2/c1-2-10-20(11-12-21)17(22)19-16-5-3-4-15(16)13-6-8-14(18)9-7-13/h2,6-9,15-16,21H,1,3-5,10-12H2,(H,19,22). The molecule has 0 radical (unpaired) electrons. The van der Waals surface area contributed by atoms with Crippen molar-refractivity contribution in [3.63, 3.8) is 0 Å². The lowest BCUT2D eigenvalue weighted by Gasteiger charge is -2.26. The summed E-state index contributed by atoms with van der Waals surface area (Å²) in [6.07, 6.45) is 4.57. The van der Waals surface area contributed by atoms with Gasteiger partial charge in [0.1, 0.15) is 5.82 Å². The van der Waals surface area contributed by atoms with Gasteiger partial charge < -0.3 is 15.3 Å². The number of rotatable bonds is 6. The zero-order valence-corrected chi connectivity index (χ0v) is 12.7. The van der Waals surface area contributed by atoms with Crippen LogP contribution in [0.2, 0.25) is 0 Å². The summed E-state index contributed by atoms with van der Waals surface area (Å²) in [5, 5.41) is 12.1. The van der Waals surface area contributed by atoms with Crippen LogP contribution in [0.25, 0.3) is 0 Å². The predicted molar refractivity (Wildman–Crippen MR) is 84.2 cm³/mol. The van der Waals surface area contributed by atoms with Gasteiger partial charge in [-0.2, -0.15) is 0 Å². The normalized spacial score (nSPS) is 20.6. The van der Waals surface area contributed by atoms with Gasteiger partial charge in [-0.25, -0.2) is 9.18 Å². The fourth-order valence-corrected chi connectivity index (χ4v) is 3.04. The first kappa shape index (κ1) is 16.5. The second-order valence-corrected chi connectivity index (χ2v) is 5.60. The van der Waals surface area contributed by atoms with Crippen molar-refractivity contribution >= 4 is 6.03 Å². The summed E-state index contributed by atoms with van der Waals surface area (Å²) in [5.41, 5.74) is 1.06. The van der Waals surface area contributed by atoms with E-state index in [1.165, 1.54) is 17.0 Å². The number of nitrogens with one attached hydrogen (secondary N) is 1. The average molecular weight is 306 g/mol. The van der Waals surface area contributed by atoms with Gasteiger partial charge in [0.05, 0.1) is 6.61 Å². The number of carbonyl (C=O) groups is 1. The van der Waals surface area contributed by atoms with E-state index < -0.39 is 0 Å². The van der Waals surface area contributed by atoms with E-state index in [4.69, 9.17) is 5.11 Å². The molecule has 1 aliphatic rings. The highest BCUT2D eigenvalue weighted by Crippen LogP contribution is 2.34. The Bertz CT molecular complexity index is 504. The van der Waals surface area contributed by atoms with Crippen LogP contribution >= 0.6 is 0 Å². The maximum absolute atomic E-state index is 13.0. The van der Waals surface area contributed by atoms with Gasteiger partial charge in [-0.3, -0.25) is 0 Å². The molecule has 0 aliphatic heterocycles. The third-order valence-electron chi connectivity index (χ3n) is 4.13. The number of carbonyl (C=O) groups excluding carboxylic acids is 1. The van der Waals surface area contributed by atoms with Crippen LogP contribution in [0, 0.1) is 5.82 Å². The summed E-state index contributed by atoms with van der Waals surface area (Å²) in [6, 6.07) is 6.36. The molecule has 2 amide bonds. The molecule has 120 valence electrons.